The number of benzene rings is 1. The number of nitrogens with zero attached hydrogens (tertiary/aromatic N) is 4. The Balaban J connectivity index is 1.37. The molecular weight excluding hydrogens is 578 g/mol. The SMILES string of the molecule is O=C(Cc1ccc(Cl)c(Cl)c1)N1CCN(Cc2ccon2)C2COCC([I-]N3CCCC3)C21. The molecule has 3 saturated heterocycles. The summed E-state index contributed by atoms with van der Waals surface area (Å²) in [6.07, 6.45) is 4.50. The number of hydrogen-bond donors (Lipinski definition) is 0. The van der Waals surface area contributed by atoms with E-state index in [2.05, 4.69) is 18.1 Å². The van der Waals surface area contributed by atoms with Crippen LogP contribution >= 0.6 is 23.2 Å². The van der Waals surface area contributed by atoms with E-state index in [0.29, 0.717) is 40.1 Å². The molecule has 4 heterocycles. The summed E-state index contributed by atoms with van der Waals surface area (Å²) in [5.74, 6) is 0.154. The van der Waals surface area contributed by atoms with Crippen molar-refractivity contribution in [2.24, 2.45) is 0 Å². The van der Waals surface area contributed by atoms with Crippen LogP contribution in [0.4, 0.5) is 0 Å². The van der Waals surface area contributed by atoms with Crippen LogP contribution < -0.4 is 21.5 Å². The zero-order valence-electron chi connectivity index (χ0n) is 18.3. The van der Waals surface area contributed by atoms with Crippen molar-refractivity contribution >= 4 is 29.1 Å². The van der Waals surface area contributed by atoms with E-state index in [1.165, 1.54) is 25.9 Å². The molecule has 1 aromatic carbocycles. The third kappa shape index (κ3) is 5.51. The molecule has 3 fully saturated rings. The van der Waals surface area contributed by atoms with Gasteiger partial charge in [0.05, 0.1) is 0 Å². The number of fused-ring (bicyclic) bond motifs is 1. The van der Waals surface area contributed by atoms with Gasteiger partial charge in [0.1, 0.15) is 0 Å². The van der Waals surface area contributed by atoms with Gasteiger partial charge in [-0.2, -0.15) is 0 Å². The number of aromatic nitrogens is 1. The Labute approximate surface area is 214 Å². The second-order valence-corrected chi connectivity index (χ2v) is 13.1. The van der Waals surface area contributed by atoms with E-state index < -0.39 is 0 Å². The number of halogens is 3. The van der Waals surface area contributed by atoms with Crippen molar-refractivity contribution in [1.29, 1.82) is 0 Å². The number of rotatable bonds is 6. The summed E-state index contributed by atoms with van der Waals surface area (Å²) in [7, 11) is 0. The average Bonchev–Trinajstić information content (AvgIpc) is 3.51. The molecule has 180 valence electrons. The van der Waals surface area contributed by atoms with Gasteiger partial charge >= 0.3 is 216 Å². The molecule has 0 N–H and O–H groups in total. The van der Waals surface area contributed by atoms with Crippen molar-refractivity contribution in [1.82, 2.24) is 18.1 Å². The fraction of sp³-hybridized carbons (Fsp3) is 0.565. The van der Waals surface area contributed by atoms with Crippen LogP contribution in [0.5, 0.6) is 0 Å². The number of hydrogen-bond acceptors (Lipinski definition) is 6. The van der Waals surface area contributed by atoms with E-state index in [9.17, 15) is 4.79 Å². The summed E-state index contributed by atoms with van der Waals surface area (Å²) >= 11 is 12.1. The van der Waals surface area contributed by atoms with Gasteiger partial charge in [-0.15, -0.1) is 0 Å². The van der Waals surface area contributed by atoms with Gasteiger partial charge in [-0.1, -0.05) is 0 Å². The molecule has 2 aromatic rings. The van der Waals surface area contributed by atoms with Crippen LogP contribution in [0.2, 0.25) is 10.0 Å². The summed E-state index contributed by atoms with van der Waals surface area (Å²) in [4.78, 5) is 18.1. The predicted molar refractivity (Wildman–Crippen MR) is 122 cm³/mol. The van der Waals surface area contributed by atoms with Gasteiger partial charge in [0, 0.05) is 0 Å². The first-order chi connectivity index (χ1) is 16.1. The number of amides is 1. The summed E-state index contributed by atoms with van der Waals surface area (Å²) < 4.78 is 14.2. The van der Waals surface area contributed by atoms with E-state index in [0.717, 1.165) is 24.4 Å². The standard InChI is InChI=1S/C23H28Cl2IN4O3/c24-18-4-3-16(11-19(18)25)12-22(31)30-9-8-28(13-17-5-10-33-27-17)21-15-32-14-20(23(21)30)26-29-6-1-2-7-29/h3-5,10-11,20-21,23H,1-2,6-9,12-15H2/q-1. The summed E-state index contributed by atoms with van der Waals surface area (Å²) in [5.41, 5.74) is 1.81. The maximum absolute atomic E-state index is 13.6. The molecule has 33 heavy (non-hydrogen) atoms. The molecule has 0 aliphatic carbocycles. The molecule has 3 atom stereocenters. The molecule has 1 amide bonds. The fourth-order valence-electron chi connectivity index (χ4n) is 4.99. The van der Waals surface area contributed by atoms with E-state index in [1.807, 2.05) is 12.1 Å². The number of alkyl halides is 1. The molecule has 5 rings (SSSR count). The van der Waals surface area contributed by atoms with Gasteiger partial charge in [0.15, 0.2) is 0 Å². The monoisotopic (exact) mass is 605 g/mol. The maximum atomic E-state index is 13.6. The molecule has 1 aromatic heterocycles. The third-order valence-electron chi connectivity index (χ3n) is 6.62. The van der Waals surface area contributed by atoms with E-state index in [-0.39, 0.29) is 39.5 Å². The Morgan fingerprint density at radius 2 is 1.94 bits per heavy atom. The average molecular weight is 606 g/mol. The Morgan fingerprint density at radius 3 is 2.70 bits per heavy atom. The van der Waals surface area contributed by atoms with Crippen molar-refractivity contribution < 1.29 is 35.5 Å². The van der Waals surface area contributed by atoms with Crippen LogP contribution in [0.15, 0.2) is 35.1 Å². The number of ether oxygens (including phenoxy) is 1. The molecule has 3 aliphatic rings. The topological polar surface area (TPSA) is 62.1 Å². The van der Waals surface area contributed by atoms with Crippen molar-refractivity contribution in [3.8, 4) is 0 Å². The molecule has 0 saturated carbocycles. The van der Waals surface area contributed by atoms with Gasteiger partial charge in [-0.25, -0.2) is 0 Å². The van der Waals surface area contributed by atoms with Crippen molar-refractivity contribution in [2.75, 3.05) is 39.4 Å². The first kappa shape index (κ1) is 23.8. The molecule has 0 spiro atoms. The summed E-state index contributed by atoms with van der Waals surface area (Å²) in [5, 5.41) is 5.11. The van der Waals surface area contributed by atoms with Crippen LogP contribution in [-0.2, 0) is 22.5 Å². The zero-order chi connectivity index (χ0) is 22.8. The molecule has 0 bridgehead atoms. The van der Waals surface area contributed by atoms with E-state index in [1.54, 1.807) is 18.4 Å². The van der Waals surface area contributed by atoms with E-state index in [4.69, 9.17) is 32.5 Å². The van der Waals surface area contributed by atoms with Gasteiger partial charge in [-0.3, -0.25) is 0 Å². The molecule has 3 aliphatic heterocycles. The minimum absolute atomic E-state index is 0.154. The first-order valence-electron chi connectivity index (χ1n) is 11.4. The number of carbonyl (C=O) groups excluding carboxylic acids is 1. The Kier molecular flexibility index (Phi) is 7.78. The normalized spacial score (nSPS) is 26.6. The molecule has 3 unspecified atom stereocenters. The Hall–Kier alpha value is -0.910. The predicted octanol–water partition coefficient (Wildman–Crippen LogP) is 0.104. The Morgan fingerprint density at radius 1 is 1.09 bits per heavy atom. The summed E-state index contributed by atoms with van der Waals surface area (Å²) in [6, 6.07) is 7.69. The van der Waals surface area contributed by atoms with Crippen LogP contribution in [0.1, 0.15) is 24.1 Å². The fourth-order valence-corrected chi connectivity index (χ4v) is 9.18. The van der Waals surface area contributed by atoms with Crippen molar-refractivity contribution in [3.05, 3.63) is 51.8 Å². The van der Waals surface area contributed by atoms with Crippen LogP contribution in [0.3, 0.4) is 0 Å². The molecule has 0 radical (unpaired) electrons. The number of carbonyl (C=O) groups is 1. The third-order valence-corrected chi connectivity index (χ3v) is 10.9. The molecule has 7 nitrogen and oxygen atoms in total. The second-order valence-electron chi connectivity index (χ2n) is 8.80. The van der Waals surface area contributed by atoms with Crippen LogP contribution in [-0.4, -0.2) is 79.4 Å². The molecule has 10 heteroatoms. The zero-order valence-corrected chi connectivity index (χ0v) is 22.0. The van der Waals surface area contributed by atoms with E-state index >= 15 is 0 Å². The van der Waals surface area contributed by atoms with Gasteiger partial charge in [0.2, 0.25) is 0 Å². The van der Waals surface area contributed by atoms with Crippen molar-refractivity contribution in [3.63, 3.8) is 0 Å². The minimum atomic E-state index is -0.224. The summed E-state index contributed by atoms with van der Waals surface area (Å²) in [6.45, 7) is 5.95. The van der Waals surface area contributed by atoms with Crippen LogP contribution in [0.25, 0.3) is 0 Å². The Bertz CT molecular complexity index is 957. The van der Waals surface area contributed by atoms with Crippen molar-refractivity contribution in [2.45, 2.75) is 41.8 Å². The van der Waals surface area contributed by atoms with Gasteiger partial charge in [0.25, 0.3) is 0 Å². The quantitative estimate of drug-likeness (QED) is 0.265. The van der Waals surface area contributed by atoms with Gasteiger partial charge < -0.3 is 0 Å². The first-order valence-corrected chi connectivity index (χ1v) is 14.4. The number of piperazine rings is 1. The van der Waals surface area contributed by atoms with Gasteiger partial charge in [-0.05, 0) is 0 Å². The molecular formula is C23H28Cl2IN4O3-. The second kappa shape index (κ2) is 10.8. The van der Waals surface area contributed by atoms with Crippen LogP contribution in [0, 0.1) is 0 Å².